The van der Waals surface area contributed by atoms with E-state index in [1.165, 1.54) is 0 Å². The van der Waals surface area contributed by atoms with Gasteiger partial charge in [-0.2, -0.15) is 5.10 Å². The van der Waals surface area contributed by atoms with Crippen LogP contribution in [0.15, 0.2) is 47.8 Å². The molecule has 12 nitrogen and oxygen atoms in total. The summed E-state index contributed by atoms with van der Waals surface area (Å²) in [6.07, 6.45) is 1.84. The molecule has 0 aliphatic carbocycles. The predicted molar refractivity (Wildman–Crippen MR) is 141 cm³/mol. The molecule has 0 bridgehead atoms. The number of pyridine rings is 1. The van der Waals surface area contributed by atoms with E-state index < -0.39 is 0 Å². The summed E-state index contributed by atoms with van der Waals surface area (Å²) in [7, 11) is 4.01. The molecule has 1 saturated heterocycles. The van der Waals surface area contributed by atoms with Gasteiger partial charge in [0.1, 0.15) is 11.5 Å². The number of carbonyl (C=O) groups excluding carboxylic acids is 1. The Morgan fingerprint density at radius 1 is 1.16 bits per heavy atom. The van der Waals surface area contributed by atoms with Crippen molar-refractivity contribution in [1.82, 2.24) is 40.3 Å². The highest BCUT2D eigenvalue weighted by atomic mass is 16.1. The van der Waals surface area contributed by atoms with Crippen molar-refractivity contribution in [1.29, 1.82) is 0 Å². The zero-order chi connectivity index (χ0) is 25.7. The monoisotopic (exact) mass is 499 g/mol. The molecule has 4 aromatic rings. The first-order valence-electron chi connectivity index (χ1n) is 12.3. The number of hydrogen-bond acceptors (Lipinski definition) is 9. The van der Waals surface area contributed by atoms with Gasteiger partial charge in [-0.25, -0.2) is 9.67 Å². The maximum Gasteiger partial charge on any atom is 0.255 e. The second-order valence-electron chi connectivity index (χ2n) is 9.72. The van der Waals surface area contributed by atoms with Gasteiger partial charge in [0.2, 0.25) is 5.95 Å². The van der Waals surface area contributed by atoms with E-state index in [4.69, 9.17) is 0 Å². The summed E-state index contributed by atoms with van der Waals surface area (Å²) in [4.78, 5) is 24.4. The minimum atomic E-state index is -0.190. The smallest absolute Gasteiger partial charge is 0.255 e. The molecule has 1 fully saturated rings. The van der Waals surface area contributed by atoms with Gasteiger partial charge < -0.3 is 20.0 Å². The molecule has 2 aliphatic heterocycles. The standard InChI is InChI=1S/C25H29N11O/c1-15-13-35(10-9-33(15)3)22-11-17(7-8-26-22)23-19-12-18(5-6-21(19)28-29-23)27-24(37)20-14-36-25(30-31-32-36)34(4)16(20)2/h5-8,11-12,15H,9-10,13-14H2,1-4H3,(H,27,37)(H,28,29). The third-order valence-corrected chi connectivity index (χ3v) is 7.46. The number of H-pyrrole nitrogens is 1. The molecule has 6 rings (SSSR count). The van der Waals surface area contributed by atoms with Gasteiger partial charge in [0, 0.05) is 61.3 Å². The Bertz CT molecular complexity index is 1520. The molecule has 1 atom stereocenters. The fourth-order valence-corrected chi connectivity index (χ4v) is 4.91. The number of carbonyl (C=O) groups is 1. The summed E-state index contributed by atoms with van der Waals surface area (Å²) in [5.41, 5.74) is 4.80. The summed E-state index contributed by atoms with van der Waals surface area (Å²) in [6, 6.07) is 10.3. The molecule has 5 heterocycles. The van der Waals surface area contributed by atoms with Gasteiger partial charge in [-0.05, 0) is 61.7 Å². The van der Waals surface area contributed by atoms with Crippen molar-refractivity contribution < 1.29 is 4.79 Å². The van der Waals surface area contributed by atoms with Crippen LogP contribution >= 0.6 is 0 Å². The van der Waals surface area contributed by atoms with Crippen LogP contribution in [0.1, 0.15) is 13.8 Å². The Labute approximate surface area is 213 Å². The lowest BCUT2D eigenvalue weighted by Crippen LogP contribution is -2.50. The SMILES string of the molecule is CC1=C(C(=O)Nc2ccc3[nH]nc(-c4ccnc(N5CCN(C)C(C)C5)c4)c3c2)Cn2nnnc2N1C. The third-order valence-electron chi connectivity index (χ3n) is 7.46. The van der Waals surface area contributed by atoms with Crippen LogP contribution in [0.5, 0.6) is 0 Å². The second-order valence-corrected chi connectivity index (χ2v) is 9.72. The molecule has 12 heteroatoms. The van der Waals surface area contributed by atoms with E-state index in [1.54, 1.807) is 4.68 Å². The van der Waals surface area contributed by atoms with Gasteiger partial charge >= 0.3 is 0 Å². The molecule has 3 aromatic heterocycles. The van der Waals surface area contributed by atoms with Crippen molar-refractivity contribution in [2.75, 3.05) is 48.8 Å². The van der Waals surface area contributed by atoms with Crippen LogP contribution in [-0.4, -0.2) is 86.0 Å². The van der Waals surface area contributed by atoms with Crippen molar-refractivity contribution in [3.05, 3.63) is 47.8 Å². The van der Waals surface area contributed by atoms with Crippen LogP contribution in [0.25, 0.3) is 22.2 Å². The lowest BCUT2D eigenvalue weighted by molar-refractivity contribution is -0.113. The van der Waals surface area contributed by atoms with E-state index in [1.807, 2.05) is 49.3 Å². The number of rotatable bonds is 4. The number of aromatic nitrogens is 7. The first kappa shape index (κ1) is 23.1. The number of amides is 1. The quantitative estimate of drug-likeness (QED) is 0.434. The number of allylic oxidation sites excluding steroid dienone is 1. The number of nitrogens with zero attached hydrogens (tertiary/aromatic N) is 9. The van der Waals surface area contributed by atoms with Crippen LogP contribution in [0.2, 0.25) is 0 Å². The van der Waals surface area contributed by atoms with Gasteiger partial charge in [0.25, 0.3) is 5.91 Å². The fraction of sp³-hybridized carbons (Fsp3) is 0.360. The van der Waals surface area contributed by atoms with Gasteiger partial charge in [0.05, 0.1) is 17.6 Å². The molecule has 2 N–H and O–H groups in total. The molecule has 0 saturated carbocycles. The zero-order valence-corrected chi connectivity index (χ0v) is 21.3. The Morgan fingerprint density at radius 3 is 2.86 bits per heavy atom. The number of piperazine rings is 1. The van der Waals surface area contributed by atoms with E-state index in [9.17, 15) is 4.79 Å². The minimum Gasteiger partial charge on any atom is -0.354 e. The van der Waals surface area contributed by atoms with Crippen LogP contribution in [0.4, 0.5) is 17.5 Å². The number of hydrogen-bond donors (Lipinski definition) is 2. The topological polar surface area (TPSA) is 124 Å². The first-order valence-corrected chi connectivity index (χ1v) is 12.3. The predicted octanol–water partition coefficient (Wildman–Crippen LogP) is 2.11. The summed E-state index contributed by atoms with van der Waals surface area (Å²) in [5.74, 6) is 1.37. The summed E-state index contributed by atoms with van der Waals surface area (Å²) in [5, 5.41) is 23.4. The molecule has 37 heavy (non-hydrogen) atoms. The lowest BCUT2D eigenvalue weighted by Gasteiger charge is -2.38. The van der Waals surface area contributed by atoms with Gasteiger partial charge in [0.15, 0.2) is 0 Å². The van der Waals surface area contributed by atoms with E-state index in [0.29, 0.717) is 29.8 Å². The van der Waals surface area contributed by atoms with Crippen LogP contribution < -0.4 is 15.1 Å². The molecule has 1 unspecified atom stereocenters. The van der Waals surface area contributed by atoms with Crippen LogP contribution in [0, 0.1) is 0 Å². The number of aromatic amines is 1. The largest absolute Gasteiger partial charge is 0.354 e. The molecule has 0 radical (unpaired) electrons. The molecular weight excluding hydrogens is 470 g/mol. The van der Waals surface area contributed by atoms with Gasteiger partial charge in [-0.1, -0.05) is 5.10 Å². The molecule has 190 valence electrons. The summed E-state index contributed by atoms with van der Waals surface area (Å²) in [6.45, 7) is 7.31. The fourth-order valence-electron chi connectivity index (χ4n) is 4.91. The first-order chi connectivity index (χ1) is 17.9. The number of benzene rings is 1. The highest BCUT2D eigenvalue weighted by Crippen LogP contribution is 2.31. The summed E-state index contributed by atoms with van der Waals surface area (Å²) >= 11 is 0. The van der Waals surface area contributed by atoms with Crippen molar-refractivity contribution in [3.63, 3.8) is 0 Å². The molecule has 2 aliphatic rings. The van der Waals surface area contributed by atoms with Crippen LogP contribution in [-0.2, 0) is 11.3 Å². The average molecular weight is 500 g/mol. The highest BCUT2D eigenvalue weighted by Gasteiger charge is 2.27. The van der Waals surface area contributed by atoms with E-state index in [2.05, 4.69) is 65.9 Å². The Hall–Kier alpha value is -4.32. The van der Waals surface area contributed by atoms with E-state index >= 15 is 0 Å². The zero-order valence-electron chi connectivity index (χ0n) is 21.3. The van der Waals surface area contributed by atoms with Crippen molar-refractivity contribution in [2.24, 2.45) is 0 Å². The molecule has 1 aromatic carbocycles. The maximum absolute atomic E-state index is 13.2. The molecule has 1 amide bonds. The molecular formula is C25H29N11O. The van der Waals surface area contributed by atoms with Crippen molar-refractivity contribution >= 4 is 34.3 Å². The Balaban J connectivity index is 1.27. The number of tetrazole rings is 1. The summed E-state index contributed by atoms with van der Waals surface area (Å²) < 4.78 is 1.61. The third kappa shape index (κ3) is 4.08. The number of anilines is 3. The van der Waals surface area contributed by atoms with Crippen LogP contribution in [0.3, 0.4) is 0 Å². The number of fused-ring (bicyclic) bond motifs is 2. The maximum atomic E-state index is 13.2. The normalized spacial score (nSPS) is 18.4. The molecule has 0 spiro atoms. The second kappa shape index (κ2) is 8.96. The highest BCUT2D eigenvalue weighted by molar-refractivity contribution is 6.06. The minimum absolute atomic E-state index is 0.190. The number of likely N-dealkylation sites (N-methyl/N-ethyl adjacent to an activating group) is 1. The van der Waals surface area contributed by atoms with Gasteiger partial charge in [-0.15, -0.1) is 0 Å². The Kier molecular flexibility index (Phi) is 5.60. The van der Waals surface area contributed by atoms with E-state index in [-0.39, 0.29) is 5.91 Å². The van der Waals surface area contributed by atoms with Crippen molar-refractivity contribution in [2.45, 2.75) is 26.4 Å². The van der Waals surface area contributed by atoms with Gasteiger partial charge in [-0.3, -0.25) is 9.89 Å². The average Bonchev–Trinajstić information content (AvgIpc) is 3.55. The van der Waals surface area contributed by atoms with Crippen molar-refractivity contribution in [3.8, 4) is 11.3 Å². The number of nitrogens with one attached hydrogen (secondary N) is 2. The lowest BCUT2D eigenvalue weighted by atomic mass is 10.1. The Morgan fingerprint density at radius 2 is 2.03 bits per heavy atom. The van der Waals surface area contributed by atoms with E-state index in [0.717, 1.165) is 53.3 Å².